The van der Waals surface area contributed by atoms with Gasteiger partial charge in [-0.3, -0.25) is 4.79 Å². The van der Waals surface area contributed by atoms with Gasteiger partial charge in [0, 0.05) is 11.9 Å². The van der Waals surface area contributed by atoms with Crippen molar-refractivity contribution in [1.29, 1.82) is 5.26 Å². The summed E-state index contributed by atoms with van der Waals surface area (Å²) in [6.45, 7) is 15.4. The topological polar surface area (TPSA) is 92.8 Å². The van der Waals surface area contributed by atoms with Crippen molar-refractivity contribution in [1.82, 2.24) is 14.8 Å². The Morgan fingerprint density at radius 3 is 2.58 bits per heavy atom. The first-order chi connectivity index (χ1) is 18.8. The molecule has 1 amide bonds. The van der Waals surface area contributed by atoms with E-state index in [2.05, 4.69) is 75.3 Å². The van der Waals surface area contributed by atoms with Crippen molar-refractivity contribution < 1.29 is 9.53 Å². The highest BCUT2D eigenvalue weighted by atomic mass is 32.2. The van der Waals surface area contributed by atoms with Gasteiger partial charge in [0.1, 0.15) is 16.8 Å². The quantitative estimate of drug-likeness (QED) is 0.265. The first-order valence-electron chi connectivity index (χ1n) is 14.0. The van der Waals surface area contributed by atoms with Crippen LogP contribution in [-0.2, 0) is 30.1 Å². The van der Waals surface area contributed by atoms with Crippen LogP contribution in [0.5, 0.6) is 5.75 Å². The number of hydrogen-bond donors (Lipinski definition) is 1. The fraction of sp³-hybridized carbons (Fsp3) is 0.548. The van der Waals surface area contributed by atoms with Crippen molar-refractivity contribution in [3.8, 4) is 11.8 Å². The number of rotatable bonds is 9. The Balaban J connectivity index is 1.36. The summed E-state index contributed by atoms with van der Waals surface area (Å²) in [5.41, 5.74) is 3.35. The largest absolute Gasteiger partial charge is 0.483 e. The molecule has 1 aromatic carbocycles. The van der Waals surface area contributed by atoms with Crippen LogP contribution in [-0.4, -0.2) is 26.4 Å². The van der Waals surface area contributed by atoms with E-state index in [-0.39, 0.29) is 28.6 Å². The zero-order valence-electron chi connectivity index (χ0n) is 24.9. The van der Waals surface area contributed by atoms with Crippen LogP contribution < -0.4 is 10.1 Å². The number of amides is 1. The average Bonchev–Trinajstić information content (AvgIpc) is 3.45. The maximum atomic E-state index is 12.9. The Labute approximate surface area is 246 Å². The molecule has 0 saturated heterocycles. The smallest absolute Gasteiger partial charge is 0.235 e. The minimum absolute atomic E-state index is 0.0834. The van der Waals surface area contributed by atoms with Crippen molar-refractivity contribution in [3.63, 3.8) is 0 Å². The van der Waals surface area contributed by atoms with E-state index in [1.54, 1.807) is 11.3 Å². The molecule has 0 radical (unpaired) electrons. The minimum atomic E-state index is -0.307. The number of nitriles is 1. The lowest BCUT2D eigenvalue weighted by Crippen LogP contribution is -2.28. The summed E-state index contributed by atoms with van der Waals surface area (Å²) in [6.07, 6.45) is 3.78. The molecule has 0 aliphatic heterocycles. The highest BCUT2D eigenvalue weighted by Gasteiger charge is 2.34. The summed E-state index contributed by atoms with van der Waals surface area (Å²) in [4.78, 5) is 14.2. The lowest BCUT2D eigenvalue weighted by Gasteiger charge is -2.36. The summed E-state index contributed by atoms with van der Waals surface area (Å²) in [5.74, 6) is 2.07. The third-order valence-corrected chi connectivity index (χ3v) is 10.4. The second kappa shape index (κ2) is 12.0. The number of nitrogens with one attached hydrogen (secondary N) is 1. The number of carbonyl (C=O) groups is 1. The van der Waals surface area contributed by atoms with Gasteiger partial charge in [-0.25, -0.2) is 0 Å². The zero-order valence-corrected chi connectivity index (χ0v) is 26.6. The van der Waals surface area contributed by atoms with Crippen LogP contribution in [0.1, 0.15) is 94.8 Å². The van der Waals surface area contributed by atoms with Gasteiger partial charge < -0.3 is 14.6 Å². The third-order valence-electron chi connectivity index (χ3n) is 8.24. The van der Waals surface area contributed by atoms with Gasteiger partial charge in [-0.05, 0) is 66.2 Å². The molecule has 0 saturated carbocycles. The molecular formula is C31H41N5O2S2. The second-order valence-corrected chi connectivity index (χ2v) is 14.4. The van der Waals surface area contributed by atoms with Gasteiger partial charge in [0.15, 0.2) is 17.1 Å². The molecule has 9 heteroatoms. The molecule has 1 N–H and O–H groups in total. The third kappa shape index (κ3) is 6.55. The number of thioether (sulfide) groups is 1. The van der Waals surface area contributed by atoms with Crippen LogP contribution >= 0.6 is 23.1 Å². The summed E-state index contributed by atoms with van der Waals surface area (Å²) in [6, 6.07) is 10.5. The van der Waals surface area contributed by atoms with E-state index in [0.29, 0.717) is 27.5 Å². The highest BCUT2D eigenvalue weighted by molar-refractivity contribution is 7.99. The summed E-state index contributed by atoms with van der Waals surface area (Å²) >= 11 is 2.89. The maximum absolute atomic E-state index is 12.9. The fourth-order valence-electron chi connectivity index (χ4n) is 5.14. The molecule has 3 aromatic rings. The molecule has 40 heavy (non-hydrogen) atoms. The maximum Gasteiger partial charge on any atom is 0.235 e. The molecule has 2 atom stereocenters. The van der Waals surface area contributed by atoms with E-state index in [1.807, 2.05) is 30.7 Å². The van der Waals surface area contributed by atoms with Crippen LogP contribution in [0.2, 0.25) is 0 Å². The minimum Gasteiger partial charge on any atom is -0.483 e. The normalized spacial score (nSPS) is 16.2. The van der Waals surface area contributed by atoms with Crippen LogP contribution in [0, 0.1) is 22.7 Å². The predicted octanol–water partition coefficient (Wildman–Crippen LogP) is 7.46. The van der Waals surface area contributed by atoms with Crippen molar-refractivity contribution in [2.24, 2.45) is 18.4 Å². The molecule has 1 aliphatic rings. The lowest BCUT2D eigenvalue weighted by molar-refractivity contribution is -0.113. The number of benzene rings is 1. The molecule has 1 aliphatic carbocycles. The highest BCUT2D eigenvalue weighted by Crippen LogP contribution is 2.45. The summed E-state index contributed by atoms with van der Waals surface area (Å²) in [5, 5.41) is 22.8. The number of hydrogen-bond acceptors (Lipinski definition) is 7. The summed E-state index contributed by atoms with van der Waals surface area (Å²) in [7, 11) is 1.88. The van der Waals surface area contributed by atoms with Gasteiger partial charge in [0.25, 0.3) is 0 Å². The number of thiophene rings is 1. The van der Waals surface area contributed by atoms with E-state index < -0.39 is 0 Å². The van der Waals surface area contributed by atoms with Crippen molar-refractivity contribution in [3.05, 3.63) is 51.7 Å². The number of aromatic nitrogens is 3. The van der Waals surface area contributed by atoms with Crippen molar-refractivity contribution in [2.75, 3.05) is 11.1 Å². The van der Waals surface area contributed by atoms with Gasteiger partial charge in [-0.15, -0.1) is 21.5 Å². The van der Waals surface area contributed by atoms with E-state index in [1.165, 1.54) is 22.2 Å². The van der Waals surface area contributed by atoms with Crippen LogP contribution in [0.4, 0.5) is 5.00 Å². The van der Waals surface area contributed by atoms with Gasteiger partial charge >= 0.3 is 0 Å². The van der Waals surface area contributed by atoms with Crippen LogP contribution in [0.25, 0.3) is 0 Å². The fourth-order valence-corrected chi connectivity index (χ4v) is 7.15. The SMILES string of the molecule is CCC(C)(C)C1CCc2c(sc(NC(=O)CSc3nnc(C(C)Oc4ccc(C(C)(C)C)cc4)n3C)c2C#N)C1. The molecule has 2 aromatic heterocycles. The molecule has 0 bridgehead atoms. The molecule has 7 nitrogen and oxygen atoms in total. The van der Waals surface area contributed by atoms with Crippen LogP contribution in [0.15, 0.2) is 29.4 Å². The van der Waals surface area contributed by atoms with Crippen LogP contribution in [0.3, 0.4) is 0 Å². The molecule has 4 rings (SSSR count). The van der Waals surface area contributed by atoms with Gasteiger partial charge in [-0.2, -0.15) is 5.26 Å². The molecule has 214 valence electrons. The molecule has 0 fully saturated rings. The van der Waals surface area contributed by atoms with E-state index in [9.17, 15) is 10.1 Å². The number of nitrogens with zero attached hydrogens (tertiary/aromatic N) is 4. The first kappa shape index (κ1) is 30.1. The van der Waals surface area contributed by atoms with Gasteiger partial charge in [0.05, 0.1) is 11.3 Å². The first-order valence-corrected chi connectivity index (χ1v) is 15.8. The Bertz CT molecular complexity index is 1390. The van der Waals surface area contributed by atoms with Crippen molar-refractivity contribution in [2.45, 2.75) is 90.8 Å². The van der Waals surface area contributed by atoms with E-state index in [0.717, 1.165) is 37.0 Å². The molecule has 2 heterocycles. The number of carbonyl (C=O) groups excluding carboxylic acids is 1. The van der Waals surface area contributed by atoms with E-state index in [4.69, 9.17) is 4.74 Å². The molecule has 2 unspecified atom stereocenters. The van der Waals surface area contributed by atoms with Crippen molar-refractivity contribution >= 4 is 34.0 Å². The standard InChI is InChI=1S/C31H41N5O2S2/c1-9-31(6,7)21-12-15-23-24(17-32)28(40-25(23)16-21)33-26(37)18-39-29-35-34-27(36(29)8)19(2)38-22-13-10-20(11-14-22)30(3,4)5/h10-11,13-14,19,21H,9,12,15-16,18H2,1-8H3,(H,33,37). The average molecular weight is 580 g/mol. The van der Waals surface area contributed by atoms with E-state index >= 15 is 0 Å². The second-order valence-electron chi connectivity index (χ2n) is 12.4. The lowest BCUT2D eigenvalue weighted by atomic mass is 9.69. The van der Waals surface area contributed by atoms with Gasteiger partial charge in [-0.1, -0.05) is 71.9 Å². The number of fused-ring (bicyclic) bond motifs is 1. The number of anilines is 1. The Hall–Kier alpha value is -2.83. The zero-order chi connectivity index (χ0) is 29.2. The van der Waals surface area contributed by atoms with Gasteiger partial charge in [0.2, 0.25) is 5.91 Å². The Morgan fingerprint density at radius 1 is 1.25 bits per heavy atom. The molecular weight excluding hydrogens is 539 g/mol. The predicted molar refractivity (Wildman–Crippen MR) is 163 cm³/mol. The summed E-state index contributed by atoms with van der Waals surface area (Å²) < 4.78 is 7.99. The molecule has 0 spiro atoms. The Kier molecular flexibility index (Phi) is 9.01. The number of ether oxygens (including phenoxy) is 1. The Morgan fingerprint density at radius 2 is 1.95 bits per heavy atom. The monoisotopic (exact) mass is 579 g/mol.